The molecule has 1 spiro atoms. The summed E-state index contributed by atoms with van der Waals surface area (Å²) < 4.78 is 10.3. The van der Waals surface area contributed by atoms with Crippen LogP contribution in [-0.4, -0.2) is 28.7 Å². The Kier molecular flexibility index (Phi) is 12.7. The highest BCUT2D eigenvalue weighted by molar-refractivity contribution is 7.01. The van der Waals surface area contributed by atoms with Crippen LogP contribution in [0.5, 0.6) is 0 Å². The number of pyridine rings is 4. The lowest BCUT2D eigenvalue weighted by Crippen LogP contribution is -2.78. The van der Waals surface area contributed by atoms with Gasteiger partial charge in [-0.1, -0.05) is 267 Å². The molecule has 0 amide bonds. The molecule has 0 aliphatic carbocycles. The molecule has 4 aromatic heterocycles. The van der Waals surface area contributed by atoms with Crippen LogP contribution in [0.15, 0.2) is 315 Å². The van der Waals surface area contributed by atoms with Crippen molar-refractivity contribution in [2.24, 2.45) is 0 Å². The molecule has 0 saturated heterocycles. The lowest BCUT2D eigenvalue weighted by atomic mass is 10.0. The highest BCUT2D eigenvalue weighted by Crippen LogP contribution is 2.59. The Balaban J connectivity index is 1.22. The summed E-state index contributed by atoms with van der Waals surface area (Å²) in [6, 6.07) is 111. The topological polar surface area (TPSA) is 64.5 Å². The van der Waals surface area contributed by atoms with Gasteiger partial charge in [-0.05, 0) is 70.8 Å². The van der Waals surface area contributed by atoms with Gasteiger partial charge in [0.1, 0.15) is 23.3 Å². The van der Waals surface area contributed by atoms with Gasteiger partial charge in [0.05, 0.1) is 45.6 Å². The van der Waals surface area contributed by atoms with E-state index in [9.17, 15) is 0 Å². The number of hydrogen-bond acceptors (Lipinski definition) is 8. The summed E-state index contributed by atoms with van der Waals surface area (Å²) in [7, 11) is -4.49. The van der Waals surface area contributed by atoms with Crippen molar-refractivity contribution in [3.8, 4) is 45.0 Å². The molecule has 2 aliphatic heterocycles. The van der Waals surface area contributed by atoms with E-state index in [0.29, 0.717) is 0 Å². The second-order valence-electron chi connectivity index (χ2n) is 19.8. The summed E-state index contributed by atoms with van der Waals surface area (Å²) in [5.74, 6) is 2.92. The third kappa shape index (κ3) is 8.75. The highest BCUT2D eigenvalue weighted by atomic mass is 28.4. The van der Waals surface area contributed by atoms with E-state index in [1.165, 1.54) is 0 Å². The Morgan fingerprint density at radius 3 is 0.531 bits per heavy atom. The van der Waals surface area contributed by atoms with Crippen molar-refractivity contribution in [2.45, 2.75) is 0 Å². The molecule has 8 aromatic carbocycles. The normalized spacial score (nSPS) is 13.8. The molecule has 2 aliphatic rings. The summed E-state index contributed by atoms with van der Waals surface area (Å²) in [5, 5.41) is 0. The maximum Gasteiger partial charge on any atom is 0.526 e. The van der Waals surface area contributed by atoms with Crippen molar-refractivity contribution in [3.63, 3.8) is 0 Å². The van der Waals surface area contributed by atoms with Crippen LogP contribution < -0.4 is 18.3 Å². The van der Waals surface area contributed by atoms with E-state index in [0.717, 1.165) is 113 Å². The van der Waals surface area contributed by atoms with Gasteiger partial charge in [0.2, 0.25) is 0 Å². The molecule has 0 N–H and O–H groups in total. The summed E-state index contributed by atoms with van der Waals surface area (Å²) in [6.07, 6.45) is 0. The van der Waals surface area contributed by atoms with Gasteiger partial charge >= 0.3 is 8.72 Å². The van der Waals surface area contributed by atoms with Crippen LogP contribution in [-0.2, 0) is 0 Å². The van der Waals surface area contributed by atoms with E-state index in [1.807, 2.05) is 0 Å². The Morgan fingerprint density at radius 2 is 0.346 bits per heavy atom. The smallest absolute Gasteiger partial charge is 0.297 e. The molecule has 81 heavy (non-hydrogen) atoms. The van der Waals surface area contributed by atoms with Gasteiger partial charge in [0.25, 0.3) is 0 Å². The number of aromatic nitrogens is 4. The zero-order valence-electron chi connectivity index (χ0n) is 44.1. The monoisotopic (exact) mass is 1060 g/mol. The van der Waals surface area contributed by atoms with Gasteiger partial charge in [0.15, 0.2) is 0 Å². The number of hydrogen-bond donors (Lipinski definition) is 0. The Labute approximate surface area is 473 Å². The molecule has 0 radical (unpaired) electrons. The van der Waals surface area contributed by atoms with Crippen LogP contribution in [0.4, 0.5) is 23.3 Å². The first-order chi connectivity index (χ1) is 40.2. The molecular formula is C72H52N8Si. The van der Waals surface area contributed by atoms with Gasteiger partial charge in [-0.3, -0.25) is 18.3 Å². The quantitative estimate of drug-likeness (QED) is 0.112. The van der Waals surface area contributed by atoms with E-state index in [1.54, 1.807) is 0 Å². The van der Waals surface area contributed by atoms with Gasteiger partial charge in [0, 0.05) is 22.3 Å². The molecule has 0 saturated carbocycles. The van der Waals surface area contributed by atoms with Crippen LogP contribution in [0.25, 0.3) is 67.8 Å². The van der Waals surface area contributed by atoms with Crippen molar-refractivity contribution in [1.29, 1.82) is 0 Å². The minimum atomic E-state index is -4.49. The molecule has 8 nitrogen and oxygen atoms in total. The van der Waals surface area contributed by atoms with E-state index in [2.05, 4.69) is 334 Å². The molecule has 12 aromatic rings. The second-order valence-corrected chi connectivity index (χ2v) is 22.8. The molecule has 9 heteroatoms. The predicted molar refractivity (Wildman–Crippen MR) is 334 cm³/mol. The molecule has 0 bridgehead atoms. The Hall–Kier alpha value is -10.7. The molecule has 0 fully saturated rings. The first kappa shape index (κ1) is 48.6. The average molecular weight is 1060 g/mol. The van der Waals surface area contributed by atoms with E-state index in [4.69, 9.17) is 19.9 Å². The minimum absolute atomic E-state index is 0.729. The lowest BCUT2D eigenvalue weighted by molar-refractivity contribution is 1.09. The largest absolute Gasteiger partial charge is 0.526 e. The van der Waals surface area contributed by atoms with Crippen LogP contribution >= 0.6 is 0 Å². The van der Waals surface area contributed by atoms with E-state index < -0.39 is 8.72 Å². The summed E-state index contributed by atoms with van der Waals surface area (Å²) in [4.78, 5) is 23.6. The number of benzene rings is 8. The van der Waals surface area contributed by atoms with Crippen LogP contribution in [0.3, 0.4) is 0 Å². The van der Waals surface area contributed by atoms with Gasteiger partial charge < -0.3 is 0 Å². The standard InChI is InChI=1S/C72H52N8Si/c1-9-29-53(30-10-1)61-45-25-49-65(73-61)77-69(57-37-17-5-18-38-57)70(58-39-19-6-20-40-58)78(66-50-26-46-62(74-66)54-31-11-2-12-32-54)81(77)79(67-51-27-47-63(75-67)55-33-13-3-14-34-55)71(59-41-21-7-22-42-59)72(60-43-23-8-24-44-60)80(81)68-52-28-48-64(76-68)56-35-15-4-16-36-56/h1-52H. The van der Waals surface area contributed by atoms with Crippen molar-refractivity contribution in [2.75, 3.05) is 18.3 Å². The van der Waals surface area contributed by atoms with Crippen molar-refractivity contribution in [3.05, 3.63) is 338 Å². The molecule has 0 unspecified atom stereocenters. The minimum Gasteiger partial charge on any atom is -0.297 e. The molecule has 0 atom stereocenters. The molecule has 14 rings (SSSR count). The number of anilines is 4. The first-order valence-electron chi connectivity index (χ1n) is 27.2. The van der Waals surface area contributed by atoms with Crippen LogP contribution in [0.1, 0.15) is 22.3 Å². The van der Waals surface area contributed by atoms with Gasteiger partial charge in [-0.2, -0.15) is 0 Å². The maximum atomic E-state index is 5.89. The van der Waals surface area contributed by atoms with Crippen LogP contribution in [0.2, 0.25) is 0 Å². The predicted octanol–water partition coefficient (Wildman–Crippen LogP) is 16.8. The SMILES string of the molecule is c1ccc(C2=C(c3ccccc3)N(c3cccc(-c4ccccc4)n3)[Si]3(N2c2cccc(-c4ccccc4)n2)N(c2cccc(-c4ccccc4)n2)C(c2ccccc2)=C(c2ccccc2)N3c2cccc(-c3ccccc3)n2)cc1. The van der Waals surface area contributed by atoms with E-state index >= 15 is 0 Å². The zero-order chi connectivity index (χ0) is 54.0. The lowest BCUT2D eigenvalue weighted by Gasteiger charge is -2.50. The van der Waals surface area contributed by atoms with Crippen LogP contribution in [0, 0.1) is 0 Å². The Bertz CT molecular complexity index is 3680. The Morgan fingerprint density at radius 1 is 0.173 bits per heavy atom. The molecule has 384 valence electrons. The first-order valence-corrected chi connectivity index (χ1v) is 29.0. The highest BCUT2D eigenvalue weighted by Gasteiger charge is 2.73. The van der Waals surface area contributed by atoms with E-state index in [-0.39, 0.29) is 0 Å². The number of rotatable bonds is 12. The summed E-state index contributed by atoms with van der Waals surface area (Å²) in [6.45, 7) is 0. The maximum absolute atomic E-state index is 5.89. The molecular weight excluding hydrogens is 1000 g/mol. The zero-order valence-corrected chi connectivity index (χ0v) is 45.1. The fourth-order valence-electron chi connectivity index (χ4n) is 11.4. The molecule has 6 heterocycles. The average Bonchev–Trinajstić information content (AvgIpc) is 4.25. The second kappa shape index (κ2) is 21.2. The van der Waals surface area contributed by atoms with Crippen molar-refractivity contribution >= 4 is 54.8 Å². The van der Waals surface area contributed by atoms with Gasteiger partial charge in [-0.15, -0.1) is 0 Å². The van der Waals surface area contributed by atoms with Crippen molar-refractivity contribution in [1.82, 2.24) is 19.9 Å². The fourth-order valence-corrected chi connectivity index (χ4v) is 16.5. The van der Waals surface area contributed by atoms with Gasteiger partial charge in [-0.25, -0.2) is 19.9 Å². The summed E-state index contributed by atoms with van der Waals surface area (Å²) in [5.41, 5.74) is 15.0. The fraction of sp³-hybridized carbons (Fsp3) is 0. The van der Waals surface area contributed by atoms with Crippen molar-refractivity contribution < 1.29 is 0 Å². The number of nitrogens with zero attached hydrogens (tertiary/aromatic N) is 8. The summed E-state index contributed by atoms with van der Waals surface area (Å²) >= 11 is 0. The third-order valence-electron chi connectivity index (χ3n) is 14.9. The third-order valence-corrected chi connectivity index (χ3v) is 19.1.